The van der Waals surface area contributed by atoms with Gasteiger partial charge in [0.1, 0.15) is 0 Å². The maximum absolute atomic E-state index is 11.9. The van der Waals surface area contributed by atoms with Gasteiger partial charge >= 0.3 is 0 Å². The van der Waals surface area contributed by atoms with Gasteiger partial charge in [-0.25, -0.2) is 0 Å². The number of amides is 1. The average molecular weight is 367 g/mol. The van der Waals surface area contributed by atoms with Gasteiger partial charge in [0.2, 0.25) is 5.91 Å². The van der Waals surface area contributed by atoms with E-state index in [2.05, 4.69) is 44.8 Å². The van der Waals surface area contributed by atoms with Crippen LogP contribution in [0, 0.1) is 0 Å². The number of hydrogen-bond acceptors (Lipinski definition) is 3. The molecule has 0 spiro atoms. The molecule has 0 fully saturated rings. The first-order valence-corrected chi connectivity index (χ1v) is 8.53. The van der Waals surface area contributed by atoms with E-state index in [1.165, 1.54) is 10.4 Å². The second kappa shape index (κ2) is 8.32. The second-order valence-corrected chi connectivity index (χ2v) is 6.93. The second-order valence-electron chi connectivity index (χ2n) is 4.98. The van der Waals surface area contributed by atoms with Crippen LogP contribution in [0.4, 0.5) is 0 Å². The number of nitrogens with zero attached hydrogens (tertiary/aromatic N) is 1. The highest BCUT2D eigenvalue weighted by Gasteiger charge is 2.07. The lowest BCUT2D eigenvalue weighted by molar-refractivity contribution is -0.122. The third kappa shape index (κ3) is 5.99. The molecule has 0 saturated carbocycles. The minimum atomic E-state index is 0.0752. The van der Waals surface area contributed by atoms with Crippen molar-refractivity contribution in [3.63, 3.8) is 0 Å². The number of benzene rings is 1. The fourth-order valence-corrected chi connectivity index (χ4v) is 3.01. The molecule has 3 nitrogen and oxygen atoms in total. The summed E-state index contributed by atoms with van der Waals surface area (Å²) in [6.07, 6.45) is 0.903. The zero-order valence-electron chi connectivity index (χ0n) is 12.0. The Morgan fingerprint density at radius 2 is 2.05 bits per heavy atom. The maximum Gasteiger partial charge on any atom is 0.234 e. The minimum Gasteiger partial charge on any atom is -0.355 e. The van der Waals surface area contributed by atoms with Crippen molar-refractivity contribution in [1.29, 1.82) is 0 Å². The molecule has 0 saturated heterocycles. The monoisotopic (exact) mass is 366 g/mol. The topological polar surface area (TPSA) is 32.3 Å². The van der Waals surface area contributed by atoms with Crippen LogP contribution in [-0.2, 0) is 17.8 Å². The molecule has 1 aromatic carbocycles. The SMILES string of the molecule is CN(CC(=O)NCCc1cccs1)Cc1ccc(Br)cc1. The Hall–Kier alpha value is -1.17. The van der Waals surface area contributed by atoms with Crippen molar-refractivity contribution in [2.45, 2.75) is 13.0 Å². The van der Waals surface area contributed by atoms with Crippen LogP contribution in [0.3, 0.4) is 0 Å². The van der Waals surface area contributed by atoms with Gasteiger partial charge in [0.05, 0.1) is 6.54 Å². The summed E-state index contributed by atoms with van der Waals surface area (Å²) in [5.41, 5.74) is 1.20. The molecule has 112 valence electrons. The van der Waals surface area contributed by atoms with E-state index < -0.39 is 0 Å². The average Bonchev–Trinajstić information content (AvgIpc) is 2.94. The summed E-state index contributed by atoms with van der Waals surface area (Å²) in [5, 5.41) is 5.02. The van der Waals surface area contributed by atoms with E-state index in [1.54, 1.807) is 11.3 Å². The Kier molecular flexibility index (Phi) is 6.42. The van der Waals surface area contributed by atoms with Crippen LogP contribution in [0.5, 0.6) is 0 Å². The molecule has 1 N–H and O–H groups in total. The number of likely N-dealkylation sites (N-methyl/N-ethyl adjacent to an activating group) is 1. The Labute approximate surface area is 138 Å². The van der Waals surface area contributed by atoms with Gasteiger partial charge in [-0.1, -0.05) is 34.1 Å². The quantitative estimate of drug-likeness (QED) is 0.815. The summed E-state index contributed by atoms with van der Waals surface area (Å²) in [4.78, 5) is 15.2. The van der Waals surface area contributed by atoms with E-state index in [0.717, 1.165) is 17.4 Å². The van der Waals surface area contributed by atoms with E-state index in [9.17, 15) is 4.79 Å². The number of halogens is 1. The summed E-state index contributed by atoms with van der Waals surface area (Å²) >= 11 is 5.15. The van der Waals surface area contributed by atoms with Crippen molar-refractivity contribution in [3.05, 3.63) is 56.7 Å². The van der Waals surface area contributed by atoms with Gasteiger partial charge in [-0.15, -0.1) is 11.3 Å². The van der Waals surface area contributed by atoms with Gasteiger partial charge in [-0.2, -0.15) is 0 Å². The standard InChI is InChI=1S/C16H19BrN2OS/c1-19(11-13-4-6-14(17)7-5-13)12-16(20)18-9-8-15-3-2-10-21-15/h2-7,10H,8-9,11-12H2,1H3,(H,18,20). The fourth-order valence-electron chi connectivity index (χ4n) is 2.04. The summed E-state index contributed by atoms with van der Waals surface area (Å²) < 4.78 is 1.07. The van der Waals surface area contributed by atoms with Crippen LogP contribution in [0.25, 0.3) is 0 Å². The first-order valence-electron chi connectivity index (χ1n) is 6.85. The lowest BCUT2D eigenvalue weighted by Crippen LogP contribution is -2.35. The van der Waals surface area contributed by atoms with E-state index in [0.29, 0.717) is 13.1 Å². The molecule has 0 unspecified atom stereocenters. The van der Waals surface area contributed by atoms with Gasteiger partial charge in [-0.05, 0) is 42.6 Å². The molecule has 0 aliphatic carbocycles. The maximum atomic E-state index is 11.9. The molecule has 0 bridgehead atoms. The molecule has 1 heterocycles. The molecule has 21 heavy (non-hydrogen) atoms. The van der Waals surface area contributed by atoms with E-state index in [4.69, 9.17) is 0 Å². The molecule has 1 amide bonds. The summed E-state index contributed by atoms with van der Waals surface area (Å²) in [6.45, 7) is 1.89. The predicted molar refractivity (Wildman–Crippen MR) is 91.5 cm³/mol. The Morgan fingerprint density at radius 3 is 2.71 bits per heavy atom. The van der Waals surface area contributed by atoms with Gasteiger partial charge in [0, 0.05) is 22.4 Å². The van der Waals surface area contributed by atoms with Gasteiger partial charge < -0.3 is 5.32 Å². The molecule has 0 aliphatic heterocycles. The lowest BCUT2D eigenvalue weighted by Gasteiger charge is -2.16. The Balaban J connectivity index is 1.68. The number of rotatable bonds is 7. The number of carbonyl (C=O) groups excluding carboxylic acids is 1. The first-order chi connectivity index (χ1) is 10.1. The highest BCUT2D eigenvalue weighted by molar-refractivity contribution is 9.10. The number of hydrogen-bond donors (Lipinski definition) is 1. The van der Waals surface area contributed by atoms with Crippen molar-refractivity contribution in [2.75, 3.05) is 20.1 Å². The van der Waals surface area contributed by atoms with Crippen molar-refractivity contribution >= 4 is 33.2 Å². The molecular weight excluding hydrogens is 348 g/mol. The number of nitrogens with one attached hydrogen (secondary N) is 1. The molecule has 2 aromatic rings. The normalized spacial score (nSPS) is 10.8. The Bertz CT molecular complexity index is 554. The summed E-state index contributed by atoms with van der Waals surface area (Å²) in [5.74, 6) is 0.0752. The van der Waals surface area contributed by atoms with Crippen LogP contribution in [0.1, 0.15) is 10.4 Å². The first kappa shape index (κ1) is 16.2. The molecule has 0 aliphatic rings. The summed E-state index contributed by atoms with van der Waals surface area (Å²) in [6, 6.07) is 12.3. The van der Waals surface area contributed by atoms with Crippen molar-refractivity contribution in [3.8, 4) is 0 Å². The highest BCUT2D eigenvalue weighted by Crippen LogP contribution is 2.11. The van der Waals surface area contributed by atoms with E-state index in [-0.39, 0.29) is 5.91 Å². The van der Waals surface area contributed by atoms with Crippen molar-refractivity contribution in [1.82, 2.24) is 10.2 Å². The lowest BCUT2D eigenvalue weighted by atomic mass is 10.2. The van der Waals surface area contributed by atoms with Crippen LogP contribution < -0.4 is 5.32 Å². The third-order valence-corrected chi connectivity index (χ3v) is 4.52. The summed E-state index contributed by atoms with van der Waals surface area (Å²) in [7, 11) is 1.96. The predicted octanol–water partition coefficient (Wildman–Crippen LogP) is 3.30. The molecule has 0 radical (unpaired) electrons. The molecule has 2 rings (SSSR count). The number of thiophene rings is 1. The fraction of sp³-hybridized carbons (Fsp3) is 0.312. The van der Waals surface area contributed by atoms with E-state index in [1.807, 2.05) is 30.1 Å². The van der Waals surface area contributed by atoms with Crippen LogP contribution in [-0.4, -0.2) is 30.9 Å². The van der Waals surface area contributed by atoms with Crippen molar-refractivity contribution in [2.24, 2.45) is 0 Å². The number of carbonyl (C=O) groups is 1. The van der Waals surface area contributed by atoms with Gasteiger partial charge in [-0.3, -0.25) is 9.69 Å². The van der Waals surface area contributed by atoms with Crippen LogP contribution >= 0.6 is 27.3 Å². The highest BCUT2D eigenvalue weighted by atomic mass is 79.9. The molecule has 5 heteroatoms. The van der Waals surface area contributed by atoms with E-state index >= 15 is 0 Å². The zero-order chi connectivity index (χ0) is 15.1. The molecule has 1 aromatic heterocycles. The van der Waals surface area contributed by atoms with Crippen LogP contribution in [0.15, 0.2) is 46.3 Å². The molecule has 0 atom stereocenters. The van der Waals surface area contributed by atoms with Crippen LogP contribution in [0.2, 0.25) is 0 Å². The van der Waals surface area contributed by atoms with Gasteiger partial charge in [0.15, 0.2) is 0 Å². The third-order valence-electron chi connectivity index (χ3n) is 3.05. The molecular formula is C16H19BrN2OS. The Morgan fingerprint density at radius 1 is 1.29 bits per heavy atom. The zero-order valence-corrected chi connectivity index (χ0v) is 14.4. The minimum absolute atomic E-state index is 0.0752. The smallest absolute Gasteiger partial charge is 0.234 e. The largest absolute Gasteiger partial charge is 0.355 e. The van der Waals surface area contributed by atoms with Gasteiger partial charge in [0.25, 0.3) is 0 Å². The van der Waals surface area contributed by atoms with Crippen molar-refractivity contribution < 1.29 is 4.79 Å².